The number of amides is 1. The standard InChI is InChI=1S/C18H14Cl3N3O2S/c1-10(25)24-11-2-4-13(5-3-11)26-17-15(19)6-12(7-16(17)20)22-8-14-9-23-18(21)27-14/h2-7,9,22H,8H2,1H3,(H,24,25). The number of nitrogens with one attached hydrogen (secondary N) is 2. The number of carbonyl (C=O) groups is 1. The Labute approximate surface area is 175 Å². The molecule has 0 saturated carbocycles. The molecule has 0 saturated heterocycles. The highest BCUT2D eigenvalue weighted by atomic mass is 35.5. The maximum absolute atomic E-state index is 11.1. The van der Waals surface area contributed by atoms with Crippen molar-refractivity contribution in [3.8, 4) is 11.5 Å². The quantitative estimate of drug-likeness (QED) is 0.459. The van der Waals surface area contributed by atoms with Gasteiger partial charge in [0, 0.05) is 29.4 Å². The van der Waals surface area contributed by atoms with Crippen LogP contribution >= 0.6 is 46.1 Å². The molecule has 1 aromatic heterocycles. The van der Waals surface area contributed by atoms with E-state index in [1.165, 1.54) is 18.3 Å². The molecule has 140 valence electrons. The van der Waals surface area contributed by atoms with Crippen molar-refractivity contribution in [1.29, 1.82) is 0 Å². The van der Waals surface area contributed by atoms with Crippen LogP contribution in [0, 0.1) is 0 Å². The molecule has 2 N–H and O–H groups in total. The molecule has 9 heteroatoms. The number of hydrogen-bond acceptors (Lipinski definition) is 5. The summed E-state index contributed by atoms with van der Waals surface area (Å²) >= 11 is 19.9. The first kappa shape index (κ1) is 19.8. The lowest BCUT2D eigenvalue weighted by Crippen LogP contribution is -2.05. The van der Waals surface area contributed by atoms with Crippen LogP contribution in [0.5, 0.6) is 11.5 Å². The Morgan fingerprint density at radius 1 is 1.11 bits per heavy atom. The number of aromatic nitrogens is 1. The molecule has 0 aliphatic heterocycles. The number of benzene rings is 2. The average molecular weight is 443 g/mol. The Balaban J connectivity index is 1.69. The normalized spacial score (nSPS) is 10.5. The fourth-order valence-corrected chi connectivity index (χ4v) is 3.72. The van der Waals surface area contributed by atoms with E-state index in [2.05, 4.69) is 15.6 Å². The molecule has 0 fully saturated rings. The molecule has 2 aromatic carbocycles. The maximum Gasteiger partial charge on any atom is 0.221 e. The van der Waals surface area contributed by atoms with Crippen molar-refractivity contribution in [3.63, 3.8) is 0 Å². The summed E-state index contributed by atoms with van der Waals surface area (Å²) in [6.45, 7) is 2.00. The zero-order chi connectivity index (χ0) is 19.4. The number of ether oxygens (including phenoxy) is 1. The van der Waals surface area contributed by atoms with Crippen molar-refractivity contribution in [2.24, 2.45) is 0 Å². The predicted octanol–water partition coefficient (Wildman–Crippen LogP) is 6.47. The predicted molar refractivity (Wildman–Crippen MR) is 112 cm³/mol. The van der Waals surface area contributed by atoms with Gasteiger partial charge in [-0.3, -0.25) is 4.79 Å². The zero-order valence-corrected chi connectivity index (χ0v) is 17.1. The second-order valence-corrected chi connectivity index (χ2v) is 8.02. The summed E-state index contributed by atoms with van der Waals surface area (Å²) in [6.07, 6.45) is 1.71. The average Bonchev–Trinajstić information content (AvgIpc) is 3.03. The van der Waals surface area contributed by atoms with E-state index in [4.69, 9.17) is 39.5 Å². The van der Waals surface area contributed by atoms with Gasteiger partial charge in [-0.15, -0.1) is 11.3 Å². The third-order valence-corrected chi connectivity index (χ3v) is 5.06. The van der Waals surface area contributed by atoms with Crippen LogP contribution in [0.4, 0.5) is 11.4 Å². The number of rotatable bonds is 6. The fraction of sp³-hybridized carbons (Fsp3) is 0.111. The number of anilines is 2. The first-order valence-corrected chi connectivity index (χ1v) is 9.74. The Morgan fingerprint density at radius 2 is 1.78 bits per heavy atom. The summed E-state index contributed by atoms with van der Waals surface area (Å²) in [5.41, 5.74) is 1.43. The highest BCUT2D eigenvalue weighted by Crippen LogP contribution is 2.39. The monoisotopic (exact) mass is 441 g/mol. The van der Waals surface area contributed by atoms with Gasteiger partial charge in [-0.2, -0.15) is 0 Å². The van der Waals surface area contributed by atoms with Gasteiger partial charge in [0.15, 0.2) is 10.2 Å². The molecule has 0 aliphatic carbocycles. The second kappa shape index (κ2) is 8.80. The lowest BCUT2D eigenvalue weighted by molar-refractivity contribution is -0.114. The topological polar surface area (TPSA) is 63.2 Å². The van der Waals surface area contributed by atoms with Crippen molar-refractivity contribution in [2.75, 3.05) is 10.6 Å². The van der Waals surface area contributed by atoms with Crippen molar-refractivity contribution in [1.82, 2.24) is 4.98 Å². The SMILES string of the molecule is CC(=O)Nc1ccc(Oc2c(Cl)cc(NCc3cnc(Cl)s3)cc2Cl)cc1. The van der Waals surface area contributed by atoms with Crippen molar-refractivity contribution >= 4 is 63.4 Å². The third-order valence-electron chi connectivity index (χ3n) is 3.38. The van der Waals surface area contributed by atoms with E-state index in [0.717, 1.165) is 10.6 Å². The molecular formula is C18H14Cl3N3O2S. The Kier molecular flexibility index (Phi) is 6.44. The summed E-state index contributed by atoms with van der Waals surface area (Å²) in [5, 5.41) is 6.65. The smallest absolute Gasteiger partial charge is 0.221 e. The molecule has 0 unspecified atom stereocenters. The molecule has 3 rings (SSSR count). The van der Waals surface area contributed by atoms with Crippen molar-refractivity contribution in [3.05, 3.63) is 62.0 Å². The molecule has 0 spiro atoms. The second-order valence-electron chi connectivity index (χ2n) is 5.51. The first-order chi connectivity index (χ1) is 12.9. The Morgan fingerprint density at radius 3 is 2.33 bits per heavy atom. The van der Waals surface area contributed by atoms with E-state index in [9.17, 15) is 4.79 Å². The zero-order valence-electron chi connectivity index (χ0n) is 14.1. The van der Waals surface area contributed by atoms with Gasteiger partial charge in [0.2, 0.25) is 5.91 Å². The van der Waals surface area contributed by atoms with E-state index < -0.39 is 0 Å². The molecule has 0 bridgehead atoms. The molecule has 3 aromatic rings. The summed E-state index contributed by atoms with van der Waals surface area (Å²) in [5.74, 6) is 0.767. The molecule has 27 heavy (non-hydrogen) atoms. The molecule has 1 heterocycles. The Bertz CT molecular complexity index is 938. The van der Waals surface area contributed by atoms with E-state index in [-0.39, 0.29) is 5.91 Å². The van der Waals surface area contributed by atoms with E-state index >= 15 is 0 Å². The number of nitrogens with zero attached hydrogens (tertiary/aromatic N) is 1. The molecule has 1 amide bonds. The highest BCUT2D eigenvalue weighted by Gasteiger charge is 2.12. The van der Waals surface area contributed by atoms with Crippen LogP contribution in [0.25, 0.3) is 0 Å². The molecule has 0 aliphatic rings. The van der Waals surface area contributed by atoms with E-state index in [0.29, 0.717) is 38.2 Å². The highest BCUT2D eigenvalue weighted by molar-refractivity contribution is 7.15. The number of halogens is 3. The minimum absolute atomic E-state index is 0.140. The van der Waals surface area contributed by atoms with Gasteiger partial charge in [0.1, 0.15) is 5.75 Å². The third kappa shape index (κ3) is 5.49. The van der Waals surface area contributed by atoms with Gasteiger partial charge in [0.05, 0.1) is 16.6 Å². The van der Waals surface area contributed by atoms with E-state index in [1.54, 1.807) is 42.6 Å². The lowest BCUT2D eigenvalue weighted by Gasteiger charge is -2.13. The number of thiazole rings is 1. The van der Waals surface area contributed by atoms with Gasteiger partial charge in [-0.1, -0.05) is 34.8 Å². The van der Waals surface area contributed by atoms with Crippen LogP contribution in [0.2, 0.25) is 14.5 Å². The summed E-state index contributed by atoms with van der Waals surface area (Å²) in [4.78, 5) is 16.1. The molecular weight excluding hydrogens is 429 g/mol. The van der Waals surface area contributed by atoms with Gasteiger partial charge in [0.25, 0.3) is 0 Å². The van der Waals surface area contributed by atoms with Gasteiger partial charge >= 0.3 is 0 Å². The number of hydrogen-bond donors (Lipinski definition) is 2. The molecule has 0 atom stereocenters. The van der Waals surface area contributed by atoms with E-state index in [1.807, 2.05) is 0 Å². The largest absolute Gasteiger partial charge is 0.454 e. The van der Waals surface area contributed by atoms with Gasteiger partial charge < -0.3 is 15.4 Å². The van der Waals surface area contributed by atoms with Crippen molar-refractivity contribution < 1.29 is 9.53 Å². The van der Waals surface area contributed by atoms with Gasteiger partial charge in [-0.25, -0.2) is 4.98 Å². The molecule has 5 nitrogen and oxygen atoms in total. The Hall–Kier alpha value is -1.99. The van der Waals surface area contributed by atoms with Crippen molar-refractivity contribution in [2.45, 2.75) is 13.5 Å². The van der Waals surface area contributed by atoms with Crippen LogP contribution < -0.4 is 15.4 Å². The van der Waals surface area contributed by atoms with Crippen LogP contribution in [-0.4, -0.2) is 10.9 Å². The summed E-state index contributed by atoms with van der Waals surface area (Å²) in [7, 11) is 0. The van der Waals surface area contributed by atoms with Crippen LogP contribution in [-0.2, 0) is 11.3 Å². The van der Waals surface area contributed by atoms with Gasteiger partial charge in [-0.05, 0) is 36.4 Å². The first-order valence-electron chi connectivity index (χ1n) is 7.79. The summed E-state index contributed by atoms with van der Waals surface area (Å²) in [6, 6.07) is 10.4. The number of carbonyl (C=O) groups excluding carboxylic acids is 1. The minimum Gasteiger partial charge on any atom is -0.454 e. The molecule has 0 radical (unpaired) electrons. The minimum atomic E-state index is -0.140. The maximum atomic E-state index is 11.1. The lowest BCUT2D eigenvalue weighted by atomic mass is 10.2. The summed E-state index contributed by atoms with van der Waals surface area (Å²) < 4.78 is 6.29. The van der Waals surface area contributed by atoms with Crippen LogP contribution in [0.1, 0.15) is 11.8 Å². The van der Waals surface area contributed by atoms with Crippen LogP contribution in [0.3, 0.4) is 0 Å². The van der Waals surface area contributed by atoms with Crippen LogP contribution in [0.15, 0.2) is 42.6 Å². The fourth-order valence-electron chi connectivity index (χ4n) is 2.24.